The van der Waals surface area contributed by atoms with Crippen molar-refractivity contribution >= 4 is 15.8 Å². The van der Waals surface area contributed by atoms with Gasteiger partial charge in [0.2, 0.25) is 0 Å². The first-order valence-corrected chi connectivity index (χ1v) is 7.84. The number of carbonyl (C=O) groups excluding carboxylic acids is 1. The summed E-state index contributed by atoms with van der Waals surface area (Å²) in [6, 6.07) is 16.4. The van der Waals surface area contributed by atoms with Crippen molar-refractivity contribution in [2.75, 3.05) is 0 Å². The van der Waals surface area contributed by atoms with E-state index in [2.05, 4.69) is 9.08 Å². The van der Waals surface area contributed by atoms with Gasteiger partial charge in [0, 0.05) is 6.04 Å². The molecule has 3 rings (SSSR count). The van der Waals surface area contributed by atoms with Crippen molar-refractivity contribution in [1.29, 1.82) is 0 Å². The van der Waals surface area contributed by atoms with E-state index in [0.717, 1.165) is 5.56 Å². The summed E-state index contributed by atoms with van der Waals surface area (Å²) in [4.78, 5) is 12.3. The van der Waals surface area contributed by atoms with Crippen molar-refractivity contribution in [2.24, 2.45) is 4.36 Å². The molecule has 0 aliphatic carbocycles. The Morgan fingerprint density at radius 3 is 2.45 bits per heavy atom. The highest BCUT2D eigenvalue weighted by molar-refractivity contribution is 7.92. The molecule has 0 spiro atoms. The Kier molecular flexibility index (Phi) is 3.16. The van der Waals surface area contributed by atoms with Gasteiger partial charge in [-0.25, -0.2) is 8.93 Å². The Hall–Kier alpha value is -1.98. The number of hydrogen-bond acceptors (Lipinski definition) is 2. The largest absolute Gasteiger partial charge is 0.287 e. The van der Waals surface area contributed by atoms with E-state index in [0.29, 0.717) is 10.5 Å². The van der Waals surface area contributed by atoms with Crippen molar-refractivity contribution in [3.8, 4) is 0 Å². The number of rotatable bonds is 3. The van der Waals surface area contributed by atoms with Crippen LogP contribution < -0.4 is 4.72 Å². The van der Waals surface area contributed by atoms with Crippen LogP contribution >= 0.6 is 0 Å². The second-order valence-corrected chi connectivity index (χ2v) is 6.58. The second kappa shape index (κ2) is 4.85. The van der Waals surface area contributed by atoms with Gasteiger partial charge in [-0.3, -0.25) is 4.79 Å². The van der Waals surface area contributed by atoms with Crippen molar-refractivity contribution < 1.29 is 9.00 Å². The van der Waals surface area contributed by atoms with Crippen LogP contribution in [0.4, 0.5) is 0 Å². The number of benzene rings is 2. The minimum atomic E-state index is -2.88. The number of amides is 1. The molecule has 5 heteroatoms. The predicted octanol–water partition coefficient (Wildman–Crippen LogP) is 2.93. The third-order valence-electron chi connectivity index (χ3n) is 3.26. The van der Waals surface area contributed by atoms with E-state index in [1.165, 1.54) is 0 Å². The molecule has 0 saturated carbocycles. The Labute approximate surface area is 118 Å². The monoisotopic (exact) mass is 286 g/mol. The molecule has 2 atom stereocenters. The maximum absolute atomic E-state index is 12.9. The first kappa shape index (κ1) is 13.0. The second-order valence-electron chi connectivity index (χ2n) is 4.67. The number of carbonyl (C=O) groups is 1. The Balaban J connectivity index is 1.98. The van der Waals surface area contributed by atoms with E-state index in [9.17, 15) is 9.00 Å². The number of nitrogens with one attached hydrogen (secondary N) is 1. The quantitative estimate of drug-likeness (QED) is 0.943. The molecule has 0 saturated heterocycles. The van der Waals surface area contributed by atoms with E-state index < -0.39 is 15.8 Å². The standard InChI is InChI=1S/C15H14N2O2S/c1-11(12-7-3-2-4-8-12)16-20(19)14-10-6-5-9-13(14)15(18)17-20/h2-11H,1H3,(H,16,17,18,19)/t11-,20?/m0/s1. The lowest BCUT2D eigenvalue weighted by molar-refractivity contribution is 0.101. The van der Waals surface area contributed by atoms with E-state index in [4.69, 9.17) is 0 Å². The fourth-order valence-corrected chi connectivity index (χ4v) is 4.18. The van der Waals surface area contributed by atoms with Gasteiger partial charge >= 0.3 is 0 Å². The molecule has 0 aromatic heterocycles. The van der Waals surface area contributed by atoms with Gasteiger partial charge in [0.25, 0.3) is 5.91 Å². The average Bonchev–Trinajstić information content (AvgIpc) is 2.72. The van der Waals surface area contributed by atoms with Gasteiger partial charge < -0.3 is 0 Å². The predicted molar refractivity (Wildman–Crippen MR) is 77.6 cm³/mol. The van der Waals surface area contributed by atoms with Crippen LogP contribution in [0.1, 0.15) is 28.9 Å². The minimum Gasteiger partial charge on any atom is -0.266 e. The van der Waals surface area contributed by atoms with Gasteiger partial charge in [0.1, 0.15) is 9.92 Å². The van der Waals surface area contributed by atoms with Crippen LogP contribution in [-0.4, -0.2) is 10.1 Å². The summed E-state index contributed by atoms with van der Waals surface area (Å²) in [5, 5.41) is 0. The summed E-state index contributed by atoms with van der Waals surface area (Å²) in [5.74, 6) is -0.418. The molecule has 0 radical (unpaired) electrons. The zero-order valence-electron chi connectivity index (χ0n) is 10.9. The van der Waals surface area contributed by atoms with E-state index in [1.54, 1.807) is 24.3 Å². The lowest BCUT2D eigenvalue weighted by Gasteiger charge is -2.16. The molecule has 2 aromatic rings. The minimum absolute atomic E-state index is 0.161. The zero-order valence-corrected chi connectivity index (χ0v) is 11.8. The fourth-order valence-electron chi connectivity index (χ4n) is 2.24. The topological polar surface area (TPSA) is 58.5 Å². The Morgan fingerprint density at radius 2 is 1.70 bits per heavy atom. The highest BCUT2D eigenvalue weighted by Gasteiger charge is 2.29. The van der Waals surface area contributed by atoms with Crippen molar-refractivity contribution in [3.05, 3.63) is 65.7 Å². The first-order chi connectivity index (χ1) is 9.60. The third kappa shape index (κ3) is 2.15. The number of nitrogens with zero attached hydrogens (tertiary/aromatic N) is 1. The average molecular weight is 286 g/mol. The van der Waals surface area contributed by atoms with Gasteiger partial charge in [-0.2, -0.15) is 0 Å². The molecule has 20 heavy (non-hydrogen) atoms. The smallest absolute Gasteiger partial charge is 0.266 e. The molecular formula is C15H14N2O2S. The SMILES string of the molecule is C[C@H](NS1(=O)=NC(=O)c2ccccc21)c1ccccc1. The van der Waals surface area contributed by atoms with E-state index in [1.807, 2.05) is 37.3 Å². The number of hydrogen-bond donors (Lipinski definition) is 1. The van der Waals surface area contributed by atoms with Crippen LogP contribution in [0.2, 0.25) is 0 Å². The van der Waals surface area contributed by atoms with Gasteiger partial charge in [0.15, 0.2) is 0 Å². The van der Waals surface area contributed by atoms with Crippen LogP contribution in [0.5, 0.6) is 0 Å². The van der Waals surface area contributed by atoms with E-state index in [-0.39, 0.29) is 6.04 Å². The molecule has 102 valence electrons. The molecule has 1 N–H and O–H groups in total. The summed E-state index contributed by atoms with van der Waals surface area (Å²) in [6.07, 6.45) is 0. The fraction of sp³-hybridized carbons (Fsp3) is 0.133. The maximum atomic E-state index is 12.9. The molecule has 1 unspecified atom stereocenters. The molecule has 1 heterocycles. The highest BCUT2D eigenvalue weighted by atomic mass is 32.2. The summed E-state index contributed by atoms with van der Waals surface area (Å²) < 4.78 is 19.7. The lowest BCUT2D eigenvalue weighted by atomic mass is 10.1. The molecule has 0 fully saturated rings. The van der Waals surface area contributed by atoms with Gasteiger partial charge in [-0.1, -0.05) is 42.5 Å². The molecule has 2 aromatic carbocycles. The summed E-state index contributed by atoms with van der Waals surface area (Å²) in [5.41, 5.74) is 1.42. The molecule has 1 aliphatic rings. The Morgan fingerprint density at radius 1 is 1.05 bits per heavy atom. The van der Waals surface area contributed by atoms with Gasteiger partial charge in [-0.05, 0) is 24.6 Å². The van der Waals surface area contributed by atoms with Crippen molar-refractivity contribution in [3.63, 3.8) is 0 Å². The third-order valence-corrected chi connectivity index (χ3v) is 5.31. The van der Waals surface area contributed by atoms with E-state index >= 15 is 0 Å². The van der Waals surface area contributed by atoms with Crippen molar-refractivity contribution in [2.45, 2.75) is 17.9 Å². The number of fused-ring (bicyclic) bond motifs is 1. The molecule has 0 bridgehead atoms. The normalized spacial score (nSPS) is 22.1. The highest BCUT2D eigenvalue weighted by Crippen LogP contribution is 2.27. The Bertz CT molecular complexity index is 777. The summed E-state index contributed by atoms with van der Waals surface area (Å²) in [7, 11) is -2.88. The first-order valence-electron chi connectivity index (χ1n) is 6.33. The van der Waals surface area contributed by atoms with Gasteiger partial charge in [-0.15, -0.1) is 4.36 Å². The maximum Gasteiger partial charge on any atom is 0.287 e. The van der Waals surface area contributed by atoms with Crippen LogP contribution in [0.3, 0.4) is 0 Å². The van der Waals surface area contributed by atoms with Crippen molar-refractivity contribution in [1.82, 2.24) is 4.72 Å². The van der Waals surface area contributed by atoms with Crippen LogP contribution in [0, 0.1) is 0 Å². The van der Waals surface area contributed by atoms with Crippen LogP contribution in [0.25, 0.3) is 0 Å². The molecular weight excluding hydrogens is 272 g/mol. The molecule has 1 aliphatic heterocycles. The lowest BCUT2D eigenvalue weighted by Crippen LogP contribution is -2.25. The molecule has 4 nitrogen and oxygen atoms in total. The molecule has 1 amide bonds. The van der Waals surface area contributed by atoms with Gasteiger partial charge in [0.05, 0.1) is 10.5 Å². The van der Waals surface area contributed by atoms with Crippen LogP contribution in [-0.2, 0) is 9.92 Å². The van der Waals surface area contributed by atoms with Crippen LogP contribution in [0.15, 0.2) is 63.9 Å². The zero-order chi connectivity index (χ0) is 14.2. The summed E-state index contributed by atoms with van der Waals surface area (Å²) in [6.45, 7) is 1.91. The summed E-state index contributed by atoms with van der Waals surface area (Å²) >= 11 is 0.